The maximum absolute atomic E-state index is 14.1. The van der Waals surface area contributed by atoms with E-state index in [9.17, 15) is 4.39 Å². The van der Waals surface area contributed by atoms with E-state index < -0.39 is 0 Å². The lowest BCUT2D eigenvalue weighted by molar-refractivity contribution is 0.411. The normalized spacial score (nSPS) is 14.8. The van der Waals surface area contributed by atoms with Crippen LogP contribution in [-0.4, -0.2) is 50.3 Å². The number of aromatic amines is 2. The molecule has 0 aliphatic carbocycles. The minimum atomic E-state index is -0.377. The SMILES string of the molecule is COc1cc(F)cc(-c2ccnc3[nH]c(-c4n[nH]c5ccc(C6CCNCC6)nc45)nc23)c1. The number of ether oxygens (including phenoxy) is 1. The summed E-state index contributed by atoms with van der Waals surface area (Å²) >= 11 is 0. The molecule has 9 heteroatoms. The number of benzene rings is 1. The molecule has 1 fully saturated rings. The van der Waals surface area contributed by atoms with E-state index in [1.54, 1.807) is 12.3 Å². The molecule has 4 aromatic heterocycles. The molecule has 0 radical (unpaired) electrons. The van der Waals surface area contributed by atoms with Gasteiger partial charge in [-0.15, -0.1) is 0 Å². The molecular formula is C24H22FN7O. The Kier molecular flexibility index (Phi) is 4.76. The summed E-state index contributed by atoms with van der Waals surface area (Å²) in [7, 11) is 1.51. The van der Waals surface area contributed by atoms with Crippen LogP contribution >= 0.6 is 0 Å². The second-order valence-corrected chi connectivity index (χ2v) is 8.25. The van der Waals surface area contributed by atoms with Gasteiger partial charge in [-0.25, -0.2) is 19.3 Å². The third kappa shape index (κ3) is 3.50. The first-order valence-corrected chi connectivity index (χ1v) is 11.0. The number of aromatic nitrogens is 6. The lowest BCUT2D eigenvalue weighted by Crippen LogP contribution is -2.27. The molecule has 0 unspecified atom stereocenters. The Hall–Kier alpha value is -3.85. The van der Waals surface area contributed by atoms with E-state index >= 15 is 0 Å². The van der Waals surface area contributed by atoms with Crippen molar-refractivity contribution in [2.24, 2.45) is 0 Å². The van der Waals surface area contributed by atoms with Gasteiger partial charge in [0.2, 0.25) is 0 Å². The Labute approximate surface area is 188 Å². The summed E-state index contributed by atoms with van der Waals surface area (Å²) in [4.78, 5) is 17.4. The van der Waals surface area contributed by atoms with E-state index in [-0.39, 0.29) is 5.82 Å². The summed E-state index contributed by atoms with van der Waals surface area (Å²) in [5.41, 5.74) is 5.99. The Morgan fingerprint density at radius 3 is 2.76 bits per heavy atom. The number of nitrogens with one attached hydrogen (secondary N) is 3. The zero-order valence-corrected chi connectivity index (χ0v) is 18.0. The average molecular weight is 443 g/mol. The Balaban J connectivity index is 1.46. The molecule has 1 aromatic carbocycles. The van der Waals surface area contributed by atoms with E-state index in [2.05, 4.69) is 31.5 Å². The van der Waals surface area contributed by atoms with Crippen LogP contribution < -0.4 is 10.1 Å². The van der Waals surface area contributed by atoms with Gasteiger partial charge in [0.25, 0.3) is 0 Å². The molecule has 6 rings (SSSR count). The summed E-state index contributed by atoms with van der Waals surface area (Å²) in [5, 5.41) is 10.9. The maximum Gasteiger partial charge on any atom is 0.162 e. The second-order valence-electron chi connectivity index (χ2n) is 8.25. The zero-order chi connectivity index (χ0) is 22.4. The van der Waals surface area contributed by atoms with Gasteiger partial charge < -0.3 is 15.0 Å². The van der Waals surface area contributed by atoms with Crippen LogP contribution in [0.2, 0.25) is 0 Å². The highest BCUT2D eigenvalue weighted by molar-refractivity contribution is 5.94. The van der Waals surface area contributed by atoms with Gasteiger partial charge in [-0.1, -0.05) is 0 Å². The van der Waals surface area contributed by atoms with Crippen LogP contribution in [0.15, 0.2) is 42.6 Å². The summed E-state index contributed by atoms with van der Waals surface area (Å²) in [6.07, 6.45) is 3.81. The quantitative estimate of drug-likeness (QED) is 0.385. The second kappa shape index (κ2) is 7.93. The van der Waals surface area contributed by atoms with E-state index in [1.807, 2.05) is 12.1 Å². The molecule has 166 valence electrons. The molecule has 3 N–H and O–H groups in total. The first-order valence-electron chi connectivity index (χ1n) is 11.0. The molecule has 5 heterocycles. The zero-order valence-electron chi connectivity index (χ0n) is 18.0. The molecule has 0 saturated carbocycles. The van der Waals surface area contributed by atoms with Crippen LogP contribution in [0.4, 0.5) is 4.39 Å². The van der Waals surface area contributed by atoms with Crippen molar-refractivity contribution < 1.29 is 9.13 Å². The number of fused-ring (bicyclic) bond motifs is 2. The molecule has 1 saturated heterocycles. The van der Waals surface area contributed by atoms with Crippen LogP contribution in [0.25, 0.3) is 44.8 Å². The standard InChI is InChI=1S/C24H22FN7O/c1-33-16-11-14(10-15(25)12-16)17-6-9-27-23-20(17)29-24(30-23)22-21-19(31-32-22)3-2-18(28-21)13-4-7-26-8-5-13/h2-3,6,9-13,26H,4-5,7-8H2,1H3,(H,31,32)(H,27,29,30). The van der Waals surface area contributed by atoms with Crippen molar-refractivity contribution in [2.75, 3.05) is 20.2 Å². The first kappa shape index (κ1) is 19.8. The lowest BCUT2D eigenvalue weighted by atomic mass is 9.94. The van der Waals surface area contributed by atoms with Gasteiger partial charge in [-0.05, 0) is 61.8 Å². The molecule has 0 atom stereocenters. The fourth-order valence-electron chi connectivity index (χ4n) is 4.52. The van der Waals surface area contributed by atoms with Crippen LogP contribution in [-0.2, 0) is 0 Å². The molecule has 1 aliphatic rings. The highest BCUT2D eigenvalue weighted by Gasteiger charge is 2.21. The topological polar surface area (TPSA) is 104 Å². The van der Waals surface area contributed by atoms with Crippen molar-refractivity contribution in [3.05, 3.63) is 54.1 Å². The van der Waals surface area contributed by atoms with E-state index in [4.69, 9.17) is 14.7 Å². The minimum Gasteiger partial charge on any atom is -0.497 e. The number of nitrogens with zero attached hydrogens (tertiary/aromatic N) is 4. The van der Waals surface area contributed by atoms with Gasteiger partial charge in [0.15, 0.2) is 17.2 Å². The van der Waals surface area contributed by atoms with Crippen molar-refractivity contribution in [1.82, 2.24) is 35.5 Å². The molecule has 1 aliphatic heterocycles. The van der Waals surface area contributed by atoms with Crippen LogP contribution in [0.3, 0.4) is 0 Å². The van der Waals surface area contributed by atoms with Gasteiger partial charge in [0.05, 0.1) is 12.6 Å². The largest absolute Gasteiger partial charge is 0.497 e. The van der Waals surface area contributed by atoms with Crippen LogP contribution in [0.5, 0.6) is 5.75 Å². The lowest BCUT2D eigenvalue weighted by Gasteiger charge is -2.22. The van der Waals surface area contributed by atoms with Gasteiger partial charge in [-0.2, -0.15) is 5.10 Å². The molecule has 0 spiro atoms. The third-order valence-corrected chi connectivity index (χ3v) is 6.21. The number of halogens is 1. The number of hydrogen-bond acceptors (Lipinski definition) is 6. The average Bonchev–Trinajstić information content (AvgIpc) is 3.47. The van der Waals surface area contributed by atoms with Crippen LogP contribution in [0, 0.1) is 5.82 Å². The highest BCUT2D eigenvalue weighted by Crippen LogP contribution is 2.33. The summed E-state index contributed by atoms with van der Waals surface area (Å²) in [5.74, 6) is 1.07. The molecular weight excluding hydrogens is 421 g/mol. The minimum absolute atomic E-state index is 0.377. The number of H-pyrrole nitrogens is 2. The fraction of sp³-hybridized carbons (Fsp3) is 0.250. The molecule has 0 bridgehead atoms. The predicted molar refractivity (Wildman–Crippen MR) is 124 cm³/mol. The van der Waals surface area contributed by atoms with Gasteiger partial charge in [0, 0.05) is 29.4 Å². The van der Waals surface area contributed by atoms with Crippen molar-refractivity contribution in [3.63, 3.8) is 0 Å². The van der Waals surface area contributed by atoms with E-state index in [0.717, 1.165) is 48.2 Å². The van der Waals surface area contributed by atoms with Crippen molar-refractivity contribution in [1.29, 1.82) is 0 Å². The van der Waals surface area contributed by atoms with E-state index in [0.29, 0.717) is 39.9 Å². The number of imidazole rings is 1. The molecule has 5 aromatic rings. The smallest absolute Gasteiger partial charge is 0.162 e. The summed E-state index contributed by atoms with van der Waals surface area (Å²) < 4.78 is 19.4. The number of methoxy groups -OCH3 is 1. The first-order chi connectivity index (χ1) is 16.2. The highest BCUT2D eigenvalue weighted by atomic mass is 19.1. The molecule has 0 amide bonds. The molecule has 33 heavy (non-hydrogen) atoms. The Morgan fingerprint density at radius 1 is 1.03 bits per heavy atom. The van der Waals surface area contributed by atoms with Gasteiger partial charge in [0.1, 0.15) is 22.6 Å². The molecule has 8 nitrogen and oxygen atoms in total. The van der Waals surface area contributed by atoms with Crippen molar-refractivity contribution >= 4 is 22.2 Å². The van der Waals surface area contributed by atoms with Crippen LogP contribution in [0.1, 0.15) is 24.5 Å². The predicted octanol–water partition coefficient (Wildman–Crippen LogP) is 4.18. The maximum atomic E-state index is 14.1. The fourth-order valence-corrected chi connectivity index (χ4v) is 4.52. The Bertz CT molecular complexity index is 1470. The van der Waals surface area contributed by atoms with Crippen molar-refractivity contribution in [2.45, 2.75) is 18.8 Å². The monoisotopic (exact) mass is 443 g/mol. The number of rotatable bonds is 4. The number of pyridine rings is 2. The van der Waals surface area contributed by atoms with E-state index in [1.165, 1.54) is 19.2 Å². The summed E-state index contributed by atoms with van der Waals surface area (Å²) in [6.45, 7) is 2.01. The number of piperidine rings is 1. The van der Waals surface area contributed by atoms with Crippen molar-refractivity contribution in [3.8, 4) is 28.4 Å². The Morgan fingerprint density at radius 2 is 1.91 bits per heavy atom. The third-order valence-electron chi connectivity index (χ3n) is 6.21. The van der Waals surface area contributed by atoms with Gasteiger partial charge >= 0.3 is 0 Å². The number of hydrogen-bond donors (Lipinski definition) is 3. The van der Waals surface area contributed by atoms with Gasteiger partial charge in [-0.3, -0.25) is 5.10 Å². The summed E-state index contributed by atoms with van der Waals surface area (Å²) in [6, 6.07) is 10.5.